The number of hydrogen-bond donors (Lipinski definition) is 4. The minimum atomic E-state index is -1.23. The second kappa shape index (κ2) is 9.47. The Morgan fingerprint density at radius 3 is 2.63 bits per heavy atom. The first kappa shape index (κ1) is 26.1. The first-order chi connectivity index (χ1) is 18.1. The molecule has 2 heterocycles. The average molecular weight is 560 g/mol. The van der Waals surface area contributed by atoms with Crippen molar-refractivity contribution in [2.75, 3.05) is 5.32 Å². The molecule has 38 heavy (non-hydrogen) atoms. The molecule has 4 atom stereocenters. The van der Waals surface area contributed by atoms with E-state index in [4.69, 9.17) is 23.2 Å². The lowest BCUT2D eigenvalue weighted by Crippen LogP contribution is -2.57. The lowest BCUT2D eigenvalue weighted by molar-refractivity contribution is -0.127. The molecule has 202 valence electrons. The van der Waals surface area contributed by atoms with Crippen molar-refractivity contribution in [2.24, 2.45) is 5.92 Å². The molecular weight excluding hydrogens is 528 g/mol. The van der Waals surface area contributed by atoms with Gasteiger partial charge < -0.3 is 21.1 Å². The van der Waals surface area contributed by atoms with Crippen LogP contribution in [0.5, 0.6) is 0 Å². The summed E-state index contributed by atoms with van der Waals surface area (Å²) in [6, 6.07) is 8.57. The van der Waals surface area contributed by atoms with Gasteiger partial charge in [-0.15, -0.1) is 0 Å². The molecule has 0 unspecified atom stereocenters. The second-order valence-electron chi connectivity index (χ2n) is 11.8. The number of carbonyl (C=O) groups excluding carboxylic acids is 2. The third-order valence-corrected chi connectivity index (χ3v) is 9.69. The van der Waals surface area contributed by atoms with Gasteiger partial charge in [-0.25, -0.2) is 4.39 Å². The molecule has 0 aromatic heterocycles. The number of benzene rings is 2. The minimum absolute atomic E-state index is 0.0548. The first-order valence-corrected chi connectivity index (χ1v) is 14.2. The summed E-state index contributed by atoms with van der Waals surface area (Å²) in [5, 5.41) is 20.2. The molecule has 4 aliphatic rings. The van der Waals surface area contributed by atoms with Crippen molar-refractivity contribution < 1.29 is 19.1 Å². The summed E-state index contributed by atoms with van der Waals surface area (Å²) in [7, 11) is 0. The van der Waals surface area contributed by atoms with Crippen molar-refractivity contribution in [1.82, 2.24) is 10.6 Å². The zero-order valence-electron chi connectivity index (χ0n) is 21.2. The number of amides is 2. The van der Waals surface area contributed by atoms with Crippen LogP contribution in [0.3, 0.4) is 0 Å². The van der Waals surface area contributed by atoms with E-state index in [1.165, 1.54) is 6.07 Å². The number of rotatable bonds is 5. The Kier molecular flexibility index (Phi) is 6.50. The molecule has 2 amide bonds. The normalized spacial score (nSPS) is 34.3. The predicted molar refractivity (Wildman–Crippen MR) is 145 cm³/mol. The van der Waals surface area contributed by atoms with Crippen molar-refractivity contribution in [3.8, 4) is 0 Å². The fourth-order valence-electron chi connectivity index (χ4n) is 7.55. The zero-order chi connectivity index (χ0) is 26.8. The van der Waals surface area contributed by atoms with E-state index >= 15 is 4.39 Å². The van der Waals surface area contributed by atoms with Crippen molar-refractivity contribution >= 4 is 40.7 Å². The minimum Gasteiger partial charge on any atom is -0.390 e. The molecule has 9 heteroatoms. The number of hydrogen-bond acceptors (Lipinski definition) is 4. The van der Waals surface area contributed by atoms with Crippen LogP contribution in [-0.2, 0) is 15.0 Å². The van der Waals surface area contributed by atoms with Crippen molar-refractivity contribution in [3.63, 3.8) is 0 Å². The van der Waals surface area contributed by atoms with Gasteiger partial charge in [-0.05, 0) is 61.4 Å². The Labute approximate surface area is 231 Å². The molecule has 2 aliphatic heterocycles. The van der Waals surface area contributed by atoms with E-state index in [1.54, 1.807) is 31.2 Å². The van der Waals surface area contributed by atoms with Crippen LogP contribution in [0.4, 0.5) is 10.1 Å². The lowest BCUT2D eigenvalue weighted by atomic mass is 9.63. The van der Waals surface area contributed by atoms with Crippen LogP contribution < -0.4 is 16.0 Å². The van der Waals surface area contributed by atoms with E-state index in [-0.39, 0.29) is 28.4 Å². The summed E-state index contributed by atoms with van der Waals surface area (Å²) in [4.78, 5) is 28.0. The highest BCUT2D eigenvalue weighted by Gasteiger charge is 2.66. The van der Waals surface area contributed by atoms with Gasteiger partial charge in [-0.3, -0.25) is 9.59 Å². The zero-order valence-corrected chi connectivity index (χ0v) is 22.7. The molecule has 6 nitrogen and oxygen atoms in total. The van der Waals surface area contributed by atoms with Gasteiger partial charge >= 0.3 is 0 Å². The highest BCUT2D eigenvalue weighted by molar-refractivity contribution is 6.31. The molecule has 1 saturated heterocycles. The first-order valence-electron chi connectivity index (χ1n) is 13.4. The van der Waals surface area contributed by atoms with Gasteiger partial charge in [0.2, 0.25) is 11.8 Å². The molecule has 1 spiro atoms. The molecule has 6 rings (SSSR count). The van der Waals surface area contributed by atoms with E-state index in [1.807, 2.05) is 6.07 Å². The van der Waals surface area contributed by atoms with Gasteiger partial charge in [0.15, 0.2) is 0 Å². The van der Waals surface area contributed by atoms with Gasteiger partial charge in [0.1, 0.15) is 11.2 Å². The smallest absolute Gasteiger partial charge is 0.238 e. The van der Waals surface area contributed by atoms with Crippen molar-refractivity contribution in [3.05, 3.63) is 63.4 Å². The number of aliphatic hydroxyl groups is 1. The summed E-state index contributed by atoms with van der Waals surface area (Å²) in [5.74, 6) is -1.64. The summed E-state index contributed by atoms with van der Waals surface area (Å²) < 4.78 is 15.8. The van der Waals surface area contributed by atoms with Crippen LogP contribution >= 0.6 is 23.2 Å². The van der Waals surface area contributed by atoms with E-state index in [2.05, 4.69) is 16.0 Å². The molecule has 0 bridgehead atoms. The van der Waals surface area contributed by atoms with E-state index in [9.17, 15) is 14.7 Å². The van der Waals surface area contributed by atoms with Gasteiger partial charge in [0, 0.05) is 28.7 Å². The van der Waals surface area contributed by atoms with Crippen molar-refractivity contribution in [1.29, 1.82) is 0 Å². The fourth-order valence-corrected chi connectivity index (χ4v) is 7.90. The molecular formula is C29H32Cl2FN3O3. The average Bonchev–Trinajstić information content (AvgIpc) is 3.53. The van der Waals surface area contributed by atoms with Gasteiger partial charge in [0.25, 0.3) is 0 Å². The SMILES string of the molecule is CC1(O)CC(NC(=O)[C@@H]2N[C@H](CC3CCCC3)[C@]3(C(=O)Nc4cc(Cl)ccc43)[C@H]2c2cccc(Cl)c2F)C1. The summed E-state index contributed by atoms with van der Waals surface area (Å²) in [5.41, 5.74) is -0.508. The van der Waals surface area contributed by atoms with Crippen LogP contribution in [0.1, 0.15) is 68.9 Å². The molecule has 0 radical (unpaired) electrons. The fraction of sp³-hybridized carbons (Fsp3) is 0.517. The Balaban J connectivity index is 1.49. The molecule has 4 N–H and O–H groups in total. The number of fused-ring (bicyclic) bond motifs is 2. The number of anilines is 1. The Morgan fingerprint density at radius 2 is 1.92 bits per heavy atom. The highest BCUT2D eigenvalue weighted by Crippen LogP contribution is 2.57. The van der Waals surface area contributed by atoms with Gasteiger partial charge in [-0.1, -0.05) is 67.1 Å². The number of halogens is 3. The van der Waals surface area contributed by atoms with E-state index in [0.29, 0.717) is 41.5 Å². The van der Waals surface area contributed by atoms with Crippen molar-refractivity contribution in [2.45, 2.75) is 86.9 Å². The molecule has 2 aromatic carbocycles. The van der Waals surface area contributed by atoms with Crippen LogP contribution in [0.15, 0.2) is 36.4 Å². The third kappa shape index (κ3) is 4.14. The van der Waals surface area contributed by atoms with E-state index in [0.717, 1.165) is 25.7 Å². The summed E-state index contributed by atoms with van der Waals surface area (Å²) in [6.45, 7) is 1.74. The van der Waals surface area contributed by atoms with Crippen LogP contribution in [0.25, 0.3) is 0 Å². The predicted octanol–water partition coefficient (Wildman–Crippen LogP) is 5.06. The summed E-state index contributed by atoms with van der Waals surface area (Å²) in [6.07, 6.45) is 5.98. The maximum absolute atomic E-state index is 15.8. The van der Waals surface area contributed by atoms with Gasteiger partial charge in [0.05, 0.1) is 16.7 Å². The lowest BCUT2D eigenvalue weighted by Gasteiger charge is -2.42. The molecule has 3 fully saturated rings. The standard InChI is InChI=1S/C29H32Cl2FN3O3/c1-28(38)13-17(14-28)33-26(36)25-23(18-7-4-8-20(31)24(18)32)29(22(35-25)11-15-5-2-3-6-15)19-10-9-16(30)12-21(19)34-27(29)37/h4,7-10,12,15,17,22-23,25,35,38H,2-3,5-6,11,13-14H2,1H3,(H,33,36)(H,34,37)/t17?,22-,23+,25-,28?,29+/m1/s1. The second-order valence-corrected chi connectivity index (χ2v) is 12.7. The number of carbonyl (C=O) groups is 2. The van der Waals surface area contributed by atoms with E-state index < -0.39 is 34.8 Å². The number of nitrogens with one attached hydrogen (secondary N) is 3. The summed E-state index contributed by atoms with van der Waals surface area (Å²) >= 11 is 12.5. The largest absolute Gasteiger partial charge is 0.390 e. The molecule has 2 saturated carbocycles. The third-order valence-electron chi connectivity index (χ3n) is 9.17. The van der Waals surface area contributed by atoms with Crippen LogP contribution in [0, 0.1) is 11.7 Å². The van der Waals surface area contributed by atoms with Crippen LogP contribution in [0.2, 0.25) is 10.0 Å². The highest BCUT2D eigenvalue weighted by atomic mass is 35.5. The maximum Gasteiger partial charge on any atom is 0.238 e. The molecule has 2 aromatic rings. The van der Waals surface area contributed by atoms with Crippen LogP contribution in [-0.4, -0.2) is 40.6 Å². The van der Waals surface area contributed by atoms with Gasteiger partial charge in [-0.2, -0.15) is 0 Å². The maximum atomic E-state index is 15.8. The Bertz CT molecular complexity index is 1290. The monoisotopic (exact) mass is 559 g/mol. The Morgan fingerprint density at radius 1 is 1.18 bits per heavy atom. The molecule has 2 aliphatic carbocycles. The Hall–Kier alpha value is -2.19. The topological polar surface area (TPSA) is 90.5 Å². The quantitative estimate of drug-likeness (QED) is 0.412.